The Bertz CT molecular complexity index is 1390. The topological polar surface area (TPSA) is 128 Å². The Balaban J connectivity index is 1.38. The van der Waals surface area contributed by atoms with Gasteiger partial charge in [0.2, 0.25) is 5.91 Å². The summed E-state index contributed by atoms with van der Waals surface area (Å²) in [6.45, 7) is 0.561. The van der Waals surface area contributed by atoms with Gasteiger partial charge in [0.1, 0.15) is 17.0 Å². The second kappa shape index (κ2) is 8.86. The molecule has 5 rings (SSSR count). The summed E-state index contributed by atoms with van der Waals surface area (Å²) >= 11 is 1.65. The van der Waals surface area contributed by atoms with Crippen molar-refractivity contribution in [2.24, 2.45) is 13.0 Å². The summed E-state index contributed by atoms with van der Waals surface area (Å²) in [6.07, 6.45) is 9.15. The summed E-state index contributed by atoms with van der Waals surface area (Å²) in [7, 11) is 3.74. The largest absolute Gasteiger partial charge is 0.398 e. The molecule has 1 aliphatic carbocycles. The van der Waals surface area contributed by atoms with Gasteiger partial charge in [-0.05, 0) is 43.0 Å². The smallest absolute Gasteiger partial charge is 0.226 e. The number of rotatable bonds is 6. The van der Waals surface area contributed by atoms with Crippen molar-refractivity contribution in [2.75, 3.05) is 18.1 Å². The Hall–Kier alpha value is -3.79. The van der Waals surface area contributed by atoms with Gasteiger partial charge >= 0.3 is 0 Å². The molecule has 0 fully saturated rings. The highest BCUT2D eigenvalue weighted by atomic mass is 32.1. The third-order valence-corrected chi connectivity index (χ3v) is 7.44. The standard InChI is InChI=1S/C24H26N8OS/c1-31(11-14-10-29-32(2)12-14)24(33)15-3-5-18-20(8-15)34-23-21(18)22(27-13-28-23)30-17-4-6-19(26)16(7-17)9-25/h4,6-7,9-10,12-13,15,25H,3,5,8,11,26H2,1-2H3,(H,27,28,30)/p+1. The highest BCUT2D eigenvalue weighted by Crippen LogP contribution is 2.40. The maximum absolute atomic E-state index is 13.2. The number of aryl methyl sites for hydroxylation is 2. The average Bonchev–Trinajstić information content (AvgIpc) is 3.42. The van der Waals surface area contributed by atoms with Gasteiger partial charge in [0.05, 0.1) is 17.1 Å². The number of nitrogens with two attached hydrogens (primary N) is 2. The number of anilines is 3. The SMILES string of the molecule is CN(Cc1cnn(C)c1)C(=O)C1CCc2c(sc3ncnc(Nc4ccc(N)c(C=[NH2+])c4)c23)C1. The lowest BCUT2D eigenvalue weighted by Gasteiger charge is -2.26. The van der Waals surface area contributed by atoms with Crippen LogP contribution in [0.25, 0.3) is 10.2 Å². The lowest BCUT2D eigenvalue weighted by Crippen LogP contribution is -2.35. The van der Waals surface area contributed by atoms with E-state index in [2.05, 4.69) is 20.4 Å². The molecule has 3 aromatic heterocycles. The summed E-state index contributed by atoms with van der Waals surface area (Å²) < 4.78 is 1.75. The zero-order valence-electron chi connectivity index (χ0n) is 19.2. The van der Waals surface area contributed by atoms with E-state index in [1.165, 1.54) is 16.7 Å². The van der Waals surface area contributed by atoms with Gasteiger partial charge in [-0.1, -0.05) is 0 Å². The van der Waals surface area contributed by atoms with Crippen molar-refractivity contribution in [1.29, 1.82) is 0 Å². The first kappa shape index (κ1) is 22.0. The molecule has 0 aliphatic heterocycles. The molecule has 5 N–H and O–H groups in total. The zero-order valence-corrected chi connectivity index (χ0v) is 20.0. The van der Waals surface area contributed by atoms with E-state index in [0.717, 1.165) is 52.1 Å². The lowest BCUT2D eigenvalue weighted by atomic mass is 9.87. The first-order valence-corrected chi connectivity index (χ1v) is 11.9. The van der Waals surface area contributed by atoms with E-state index in [0.29, 0.717) is 12.2 Å². The van der Waals surface area contributed by atoms with E-state index >= 15 is 0 Å². The van der Waals surface area contributed by atoms with E-state index in [9.17, 15) is 4.79 Å². The van der Waals surface area contributed by atoms with Gasteiger partial charge in [0.25, 0.3) is 0 Å². The Morgan fingerprint density at radius 2 is 2.26 bits per heavy atom. The summed E-state index contributed by atoms with van der Waals surface area (Å²) in [5.41, 5.74) is 10.5. The summed E-state index contributed by atoms with van der Waals surface area (Å²) in [5, 5.41) is 14.3. The number of carbonyl (C=O) groups is 1. The molecule has 9 nitrogen and oxygen atoms in total. The van der Waals surface area contributed by atoms with Gasteiger partial charge < -0.3 is 16.0 Å². The third kappa shape index (κ3) is 4.12. The van der Waals surface area contributed by atoms with Crippen molar-refractivity contribution in [1.82, 2.24) is 24.6 Å². The molecule has 1 atom stereocenters. The second-order valence-electron chi connectivity index (χ2n) is 8.70. The van der Waals surface area contributed by atoms with Crippen LogP contribution in [-0.2, 0) is 31.2 Å². The van der Waals surface area contributed by atoms with Gasteiger partial charge in [-0.3, -0.25) is 14.9 Å². The quantitative estimate of drug-likeness (QED) is 0.288. The van der Waals surface area contributed by atoms with Crippen molar-refractivity contribution in [3.05, 3.63) is 58.5 Å². The van der Waals surface area contributed by atoms with Crippen LogP contribution in [0.15, 0.2) is 36.9 Å². The monoisotopic (exact) mass is 475 g/mol. The maximum atomic E-state index is 13.2. The predicted molar refractivity (Wildman–Crippen MR) is 134 cm³/mol. The van der Waals surface area contributed by atoms with E-state index in [1.54, 1.807) is 33.4 Å². The van der Waals surface area contributed by atoms with E-state index < -0.39 is 0 Å². The number of benzene rings is 1. The first-order chi connectivity index (χ1) is 16.4. The average molecular weight is 476 g/mol. The number of nitrogens with zero attached hydrogens (tertiary/aromatic N) is 5. The van der Waals surface area contributed by atoms with Gasteiger partial charge in [0, 0.05) is 54.6 Å². The first-order valence-electron chi connectivity index (χ1n) is 11.1. The van der Waals surface area contributed by atoms with Gasteiger partial charge in [-0.15, -0.1) is 11.3 Å². The summed E-state index contributed by atoms with van der Waals surface area (Å²) in [5.74, 6) is 0.892. The van der Waals surface area contributed by atoms with Crippen LogP contribution in [0, 0.1) is 5.92 Å². The molecular formula is C24H27N8OS+. The highest BCUT2D eigenvalue weighted by Gasteiger charge is 2.30. The Kier molecular flexibility index (Phi) is 5.74. The number of nitrogen functional groups attached to an aromatic ring is 1. The molecule has 10 heteroatoms. The summed E-state index contributed by atoms with van der Waals surface area (Å²) in [4.78, 5) is 26.2. The molecule has 0 saturated heterocycles. The fourth-order valence-corrected chi connectivity index (χ4v) is 5.83. The molecule has 0 spiro atoms. The molecule has 0 bridgehead atoms. The minimum absolute atomic E-state index is 0.0358. The predicted octanol–water partition coefficient (Wildman–Crippen LogP) is 1.69. The van der Waals surface area contributed by atoms with Crippen LogP contribution in [0.3, 0.4) is 0 Å². The van der Waals surface area contributed by atoms with Crippen LogP contribution in [0.2, 0.25) is 0 Å². The van der Waals surface area contributed by atoms with Crippen molar-refractivity contribution in [2.45, 2.75) is 25.8 Å². The number of aromatic nitrogens is 4. The normalized spacial score (nSPS) is 15.2. The lowest BCUT2D eigenvalue weighted by molar-refractivity contribution is -0.135. The second-order valence-corrected chi connectivity index (χ2v) is 9.78. The maximum Gasteiger partial charge on any atom is 0.226 e. The van der Waals surface area contributed by atoms with Gasteiger partial charge in [0.15, 0.2) is 6.21 Å². The van der Waals surface area contributed by atoms with E-state index in [4.69, 9.17) is 11.1 Å². The molecule has 0 radical (unpaired) electrons. The van der Waals surface area contributed by atoms with E-state index in [1.807, 2.05) is 38.5 Å². The van der Waals surface area contributed by atoms with Gasteiger partial charge in [-0.2, -0.15) is 5.10 Å². The van der Waals surface area contributed by atoms with Crippen LogP contribution in [0.1, 0.15) is 28.0 Å². The van der Waals surface area contributed by atoms with E-state index in [-0.39, 0.29) is 11.8 Å². The summed E-state index contributed by atoms with van der Waals surface area (Å²) in [6, 6.07) is 5.62. The van der Waals surface area contributed by atoms with Crippen molar-refractivity contribution >= 4 is 50.9 Å². The minimum atomic E-state index is -0.0358. The molecule has 1 unspecified atom stereocenters. The number of fused-ring (bicyclic) bond motifs is 3. The van der Waals surface area contributed by atoms with Crippen LogP contribution in [-0.4, -0.2) is 43.8 Å². The Morgan fingerprint density at radius 3 is 3.03 bits per heavy atom. The molecule has 174 valence electrons. The van der Waals surface area contributed by atoms with Crippen molar-refractivity contribution in [3.8, 4) is 0 Å². The molecule has 1 aliphatic rings. The molecule has 3 heterocycles. The van der Waals surface area contributed by atoms with Crippen LogP contribution in [0.4, 0.5) is 17.2 Å². The molecule has 1 aromatic carbocycles. The molecule has 1 amide bonds. The fourth-order valence-electron chi connectivity index (χ4n) is 4.57. The Morgan fingerprint density at radius 1 is 1.41 bits per heavy atom. The zero-order chi connectivity index (χ0) is 23.8. The fraction of sp³-hybridized carbons (Fsp3) is 0.292. The van der Waals surface area contributed by atoms with Crippen LogP contribution in [0.5, 0.6) is 0 Å². The molecule has 0 saturated carbocycles. The number of amides is 1. The minimum Gasteiger partial charge on any atom is -0.398 e. The van der Waals surface area contributed by atoms with Crippen LogP contribution < -0.4 is 16.5 Å². The number of carbonyl (C=O) groups excluding carboxylic acids is 1. The molecule has 4 aromatic rings. The number of thiophene rings is 1. The van der Waals surface area contributed by atoms with Gasteiger partial charge in [-0.25, -0.2) is 9.97 Å². The molecule has 34 heavy (non-hydrogen) atoms. The number of hydrogen-bond acceptors (Lipinski definition) is 7. The number of hydrogen-bond donors (Lipinski definition) is 3. The third-order valence-electron chi connectivity index (χ3n) is 6.28. The van der Waals surface area contributed by atoms with Crippen molar-refractivity contribution < 1.29 is 10.2 Å². The van der Waals surface area contributed by atoms with Crippen LogP contribution >= 0.6 is 11.3 Å². The Labute approximate surface area is 201 Å². The molecular weight excluding hydrogens is 448 g/mol. The number of nitrogens with one attached hydrogen (secondary N) is 1. The highest BCUT2D eigenvalue weighted by molar-refractivity contribution is 7.19. The van der Waals surface area contributed by atoms with Crippen molar-refractivity contribution in [3.63, 3.8) is 0 Å².